The second kappa shape index (κ2) is 9.49. The van der Waals surface area contributed by atoms with Crippen LogP contribution >= 0.6 is 11.6 Å². The molecule has 0 heterocycles. The molecule has 0 saturated heterocycles. The van der Waals surface area contributed by atoms with Gasteiger partial charge in [-0.15, -0.1) is 0 Å². The summed E-state index contributed by atoms with van der Waals surface area (Å²) in [7, 11) is 0. The summed E-state index contributed by atoms with van der Waals surface area (Å²) in [5.41, 5.74) is 1.04. The molecule has 0 atom stereocenters. The highest BCUT2D eigenvalue weighted by Gasteiger charge is 2.07. The molecule has 2 aromatic rings. The van der Waals surface area contributed by atoms with Crippen molar-refractivity contribution in [3.8, 4) is 5.75 Å². The molecule has 0 aliphatic rings. The number of halogens is 1. The average molecular weight is 359 g/mol. The van der Waals surface area contributed by atoms with E-state index < -0.39 is 0 Å². The van der Waals surface area contributed by atoms with Crippen molar-refractivity contribution in [2.75, 3.05) is 19.7 Å². The Hall–Kier alpha value is -2.79. The van der Waals surface area contributed by atoms with Crippen molar-refractivity contribution in [2.45, 2.75) is 0 Å². The number of hydrogen-bond donors (Lipinski definition) is 2. The molecule has 6 heteroatoms. The Morgan fingerprint density at radius 2 is 1.40 bits per heavy atom. The van der Waals surface area contributed by atoms with Gasteiger partial charge >= 0.3 is 0 Å². The average Bonchev–Trinajstić information content (AvgIpc) is 2.64. The molecule has 0 aromatic heterocycles. The summed E-state index contributed by atoms with van der Waals surface area (Å²) >= 11 is 5.78. The van der Waals surface area contributed by atoms with Gasteiger partial charge in [0.05, 0.1) is 0 Å². The third-order valence-electron chi connectivity index (χ3n) is 3.29. The van der Waals surface area contributed by atoms with Crippen molar-refractivity contribution >= 4 is 23.4 Å². The van der Waals surface area contributed by atoms with Crippen LogP contribution < -0.4 is 15.4 Å². The Bertz CT molecular complexity index is 727. The summed E-state index contributed by atoms with van der Waals surface area (Å²) in [6.07, 6.45) is 1.65. The largest absolute Gasteiger partial charge is 0.490 e. The van der Waals surface area contributed by atoms with E-state index in [1.165, 1.54) is 0 Å². The zero-order chi connectivity index (χ0) is 18.1. The van der Waals surface area contributed by atoms with Gasteiger partial charge in [0.1, 0.15) is 12.4 Å². The molecule has 0 radical (unpaired) electrons. The van der Waals surface area contributed by atoms with E-state index in [2.05, 4.69) is 17.2 Å². The fraction of sp³-hybridized carbons (Fsp3) is 0.158. The number of benzene rings is 2. The van der Waals surface area contributed by atoms with Crippen molar-refractivity contribution in [2.24, 2.45) is 0 Å². The Labute approximate surface area is 151 Å². The molecule has 0 spiro atoms. The lowest BCUT2D eigenvalue weighted by atomic mass is 10.2. The van der Waals surface area contributed by atoms with Gasteiger partial charge in [0.15, 0.2) is 0 Å². The minimum atomic E-state index is -0.213. The topological polar surface area (TPSA) is 67.4 Å². The fourth-order valence-corrected chi connectivity index (χ4v) is 2.14. The Kier molecular flexibility index (Phi) is 7.04. The predicted octanol–water partition coefficient (Wildman–Crippen LogP) is 3.06. The number of nitrogens with one attached hydrogen (secondary N) is 2. The zero-order valence-corrected chi connectivity index (χ0v) is 14.4. The van der Waals surface area contributed by atoms with Crippen LogP contribution in [0.25, 0.3) is 0 Å². The lowest BCUT2D eigenvalue weighted by Crippen LogP contribution is -2.34. The van der Waals surface area contributed by atoms with E-state index in [9.17, 15) is 9.59 Å². The number of amides is 2. The number of rotatable bonds is 8. The summed E-state index contributed by atoms with van der Waals surface area (Å²) in [5.74, 6) is 0.248. The standard InChI is InChI=1S/C19H19ClN2O3/c1-2-13-25-17-9-5-15(6-10-17)19(24)22-12-11-21-18(23)14-3-7-16(20)8-4-14/h2-10H,1,11-13H2,(H,21,23)(H,22,24). The summed E-state index contributed by atoms with van der Waals surface area (Å²) in [5, 5.41) is 6.05. The van der Waals surface area contributed by atoms with E-state index in [1.54, 1.807) is 54.6 Å². The van der Waals surface area contributed by atoms with Crippen LogP contribution in [0.15, 0.2) is 61.2 Å². The highest BCUT2D eigenvalue weighted by Crippen LogP contribution is 2.12. The number of hydrogen-bond acceptors (Lipinski definition) is 3. The van der Waals surface area contributed by atoms with Crippen LogP contribution in [0.5, 0.6) is 5.75 Å². The maximum absolute atomic E-state index is 12.0. The van der Waals surface area contributed by atoms with Gasteiger partial charge in [0, 0.05) is 29.2 Å². The van der Waals surface area contributed by atoms with E-state index >= 15 is 0 Å². The molecule has 5 nitrogen and oxygen atoms in total. The number of ether oxygens (including phenoxy) is 1. The van der Waals surface area contributed by atoms with Gasteiger partial charge in [0.25, 0.3) is 11.8 Å². The first-order valence-electron chi connectivity index (χ1n) is 7.76. The maximum Gasteiger partial charge on any atom is 0.251 e. The van der Waals surface area contributed by atoms with Gasteiger partial charge < -0.3 is 15.4 Å². The van der Waals surface area contributed by atoms with E-state index in [0.29, 0.717) is 41.6 Å². The molecule has 130 valence electrons. The van der Waals surface area contributed by atoms with Gasteiger partial charge in [-0.05, 0) is 48.5 Å². The summed E-state index contributed by atoms with van der Waals surface area (Å²) in [6, 6.07) is 13.4. The fourth-order valence-electron chi connectivity index (χ4n) is 2.02. The van der Waals surface area contributed by atoms with Crippen molar-refractivity contribution < 1.29 is 14.3 Å². The summed E-state index contributed by atoms with van der Waals surface area (Å²) in [4.78, 5) is 23.9. The molecular weight excluding hydrogens is 340 g/mol. The van der Waals surface area contributed by atoms with E-state index in [-0.39, 0.29) is 11.8 Å². The molecule has 25 heavy (non-hydrogen) atoms. The highest BCUT2D eigenvalue weighted by molar-refractivity contribution is 6.30. The minimum absolute atomic E-state index is 0.212. The quantitative estimate of drug-likeness (QED) is 0.563. The van der Waals surface area contributed by atoms with Crippen LogP contribution in [0.1, 0.15) is 20.7 Å². The third-order valence-corrected chi connectivity index (χ3v) is 3.54. The highest BCUT2D eigenvalue weighted by atomic mass is 35.5. The van der Waals surface area contributed by atoms with Crippen molar-refractivity contribution in [1.82, 2.24) is 10.6 Å². The SMILES string of the molecule is C=CCOc1ccc(C(=O)NCCNC(=O)c2ccc(Cl)cc2)cc1. The molecule has 0 aliphatic heterocycles. The van der Waals surface area contributed by atoms with Crippen molar-refractivity contribution in [3.63, 3.8) is 0 Å². The molecule has 2 amide bonds. The molecule has 0 unspecified atom stereocenters. The second-order valence-corrected chi connectivity index (χ2v) is 5.58. The van der Waals surface area contributed by atoms with E-state index in [1.807, 2.05) is 0 Å². The first-order valence-corrected chi connectivity index (χ1v) is 8.13. The van der Waals surface area contributed by atoms with Gasteiger partial charge in [-0.25, -0.2) is 0 Å². The van der Waals surface area contributed by atoms with Crippen LogP contribution in [-0.2, 0) is 0 Å². The summed E-state index contributed by atoms with van der Waals surface area (Å²) in [6.45, 7) is 4.64. The van der Waals surface area contributed by atoms with Crippen LogP contribution in [-0.4, -0.2) is 31.5 Å². The molecule has 2 rings (SSSR count). The van der Waals surface area contributed by atoms with Gasteiger partial charge in [-0.3, -0.25) is 9.59 Å². The molecule has 2 N–H and O–H groups in total. The molecular formula is C19H19ClN2O3. The Balaban J connectivity index is 1.73. The molecule has 0 saturated carbocycles. The monoisotopic (exact) mass is 358 g/mol. The van der Waals surface area contributed by atoms with Crippen LogP contribution in [0.4, 0.5) is 0 Å². The first kappa shape index (κ1) is 18.5. The first-order chi connectivity index (χ1) is 12.1. The van der Waals surface area contributed by atoms with Crippen LogP contribution in [0.3, 0.4) is 0 Å². The predicted molar refractivity (Wildman–Crippen MR) is 98.3 cm³/mol. The van der Waals surface area contributed by atoms with Crippen LogP contribution in [0.2, 0.25) is 5.02 Å². The van der Waals surface area contributed by atoms with E-state index in [0.717, 1.165) is 0 Å². The van der Waals surface area contributed by atoms with Gasteiger partial charge in [-0.1, -0.05) is 24.3 Å². The molecule has 2 aromatic carbocycles. The number of carbonyl (C=O) groups is 2. The van der Waals surface area contributed by atoms with Crippen LogP contribution in [0, 0.1) is 0 Å². The van der Waals surface area contributed by atoms with Gasteiger partial charge in [-0.2, -0.15) is 0 Å². The number of carbonyl (C=O) groups excluding carboxylic acids is 2. The van der Waals surface area contributed by atoms with E-state index in [4.69, 9.17) is 16.3 Å². The lowest BCUT2D eigenvalue weighted by molar-refractivity contribution is 0.0927. The van der Waals surface area contributed by atoms with Crippen molar-refractivity contribution in [3.05, 3.63) is 77.3 Å². The summed E-state index contributed by atoms with van der Waals surface area (Å²) < 4.78 is 5.36. The normalized spacial score (nSPS) is 9.96. The van der Waals surface area contributed by atoms with Crippen molar-refractivity contribution in [1.29, 1.82) is 0 Å². The lowest BCUT2D eigenvalue weighted by Gasteiger charge is -2.08. The minimum Gasteiger partial charge on any atom is -0.490 e. The zero-order valence-electron chi connectivity index (χ0n) is 13.6. The molecule has 0 fully saturated rings. The third kappa shape index (κ3) is 5.97. The second-order valence-electron chi connectivity index (χ2n) is 5.14. The smallest absolute Gasteiger partial charge is 0.251 e. The molecule has 0 bridgehead atoms. The maximum atomic E-state index is 12.0. The Morgan fingerprint density at radius 3 is 1.88 bits per heavy atom. The Morgan fingerprint density at radius 1 is 0.920 bits per heavy atom. The van der Waals surface area contributed by atoms with Gasteiger partial charge in [0.2, 0.25) is 0 Å². The molecule has 0 aliphatic carbocycles.